The Labute approximate surface area is 88.4 Å². The molecule has 84 valence electrons. The van der Waals surface area contributed by atoms with E-state index in [1.807, 2.05) is 7.11 Å². The van der Waals surface area contributed by atoms with E-state index in [0.29, 0.717) is 0 Å². The van der Waals surface area contributed by atoms with Gasteiger partial charge in [-0.1, -0.05) is 19.3 Å². The van der Waals surface area contributed by atoms with Crippen molar-refractivity contribution in [1.82, 2.24) is 5.32 Å². The number of methoxy groups -OCH3 is 1. The molecule has 2 heteroatoms. The number of ether oxygens (including phenoxy) is 1. The summed E-state index contributed by atoms with van der Waals surface area (Å²) in [5.74, 6) is 0. The largest absolute Gasteiger partial charge is 0.377 e. The van der Waals surface area contributed by atoms with Crippen LogP contribution in [-0.2, 0) is 4.74 Å². The average Bonchev–Trinajstić information content (AvgIpc) is 2.15. The lowest BCUT2D eigenvalue weighted by Gasteiger charge is -2.38. The van der Waals surface area contributed by atoms with Crippen LogP contribution in [0.5, 0.6) is 0 Å². The summed E-state index contributed by atoms with van der Waals surface area (Å²) in [5, 5.41) is 3.56. The van der Waals surface area contributed by atoms with Crippen LogP contribution in [0, 0.1) is 0 Å². The van der Waals surface area contributed by atoms with Gasteiger partial charge in [0, 0.05) is 19.2 Å². The van der Waals surface area contributed by atoms with E-state index in [-0.39, 0.29) is 11.1 Å². The molecule has 1 saturated carbocycles. The molecule has 0 heterocycles. The van der Waals surface area contributed by atoms with Crippen molar-refractivity contribution in [2.24, 2.45) is 0 Å². The lowest BCUT2D eigenvalue weighted by atomic mass is 9.84. The molecule has 0 aliphatic heterocycles. The van der Waals surface area contributed by atoms with Crippen LogP contribution in [0.1, 0.15) is 52.9 Å². The first-order chi connectivity index (χ1) is 6.47. The Morgan fingerprint density at radius 2 is 1.71 bits per heavy atom. The van der Waals surface area contributed by atoms with Crippen LogP contribution in [0.15, 0.2) is 0 Å². The van der Waals surface area contributed by atoms with Crippen LogP contribution < -0.4 is 5.32 Å². The zero-order valence-electron chi connectivity index (χ0n) is 10.2. The van der Waals surface area contributed by atoms with E-state index in [2.05, 4.69) is 26.1 Å². The Bertz CT molecular complexity index is 166. The monoisotopic (exact) mass is 199 g/mol. The second kappa shape index (κ2) is 4.63. The van der Waals surface area contributed by atoms with Crippen molar-refractivity contribution in [3.05, 3.63) is 0 Å². The smallest absolute Gasteiger partial charge is 0.0802 e. The first kappa shape index (κ1) is 12.0. The maximum absolute atomic E-state index is 5.71. The van der Waals surface area contributed by atoms with Gasteiger partial charge in [0.2, 0.25) is 0 Å². The number of nitrogens with one attached hydrogen (secondary N) is 1. The van der Waals surface area contributed by atoms with Crippen molar-refractivity contribution in [3.8, 4) is 0 Å². The molecule has 1 fully saturated rings. The second-order valence-corrected chi connectivity index (χ2v) is 5.55. The topological polar surface area (TPSA) is 21.3 Å². The van der Waals surface area contributed by atoms with Crippen molar-refractivity contribution in [2.45, 2.75) is 64.0 Å². The van der Waals surface area contributed by atoms with Crippen molar-refractivity contribution in [3.63, 3.8) is 0 Å². The normalized spacial score (nSPS) is 22.3. The van der Waals surface area contributed by atoms with Crippen molar-refractivity contribution in [1.29, 1.82) is 0 Å². The molecule has 0 atom stereocenters. The molecule has 0 bridgehead atoms. The summed E-state index contributed by atoms with van der Waals surface area (Å²) in [6.45, 7) is 7.62. The Morgan fingerprint density at radius 3 is 2.14 bits per heavy atom. The van der Waals surface area contributed by atoms with Gasteiger partial charge < -0.3 is 10.1 Å². The Balaban J connectivity index is 2.44. The van der Waals surface area contributed by atoms with Gasteiger partial charge in [-0.2, -0.15) is 0 Å². The summed E-state index contributed by atoms with van der Waals surface area (Å²) < 4.78 is 5.71. The molecule has 1 aliphatic carbocycles. The Morgan fingerprint density at radius 1 is 1.14 bits per heavy atom. The number of hydrogen-bond donors (Lipinski definition) is 1. The highest BCUT2D eigenvalue weighted by Gasteiger charge is 2.32. The quantitative estimate of drug-likeness (QED) is 0.754. The summed E-state index contributed by atoms with van der Waals surface area (Å²) in [6.07, 6.45) is 6.44. The third-order valence-electron chi connectivity index (χ3n) is 3.14. The van der Waals surface area contributed by atoms with Crippen LogP contribution in [0.25, 0.3) is 0 Å². The van der Waals surface area contributed by atoms with Crippen LogP contribution in [0.4, 0.5) is 0 Å². The van der Waals surface area contributed by atoms with E-state index >= 15 is 0 Å². The van der Waals surface area contributed by atoms with Gasteiger partial charge in [0.15, 0.2) is 0 Å². The van der Waals surface area contributed by atoms with E-state index in [1.54, 1.807) is 0 Å². The zero-order valence-corrected chi connectivity index (χ0v) is 10.2. The van der Waals surface area contributed by atoms with Gasteiger partial charge in [-0.05, 0) is 33.6 Å². The van der Waals surface area contributed by atoms with Gasteiger partial charge >= 0.3 is 0 Å². The molecule has 0 spiro atoms. The van der Waals surface area contributed by atoms with Gasteiger partial charge in [0.1, 0.15) is 0 Å². The van der Waals surface area contributed by atoms with E-state index in [1.165, 1.54) is 32.1 Å². The van der Waals surface area contributed by atoms with E-state index in [4.69, 9.17) is 4.74 Å². The van der Waals surface area contributed by atoms with E-state index < -0.39 is 0 Å². The maximum atomic E-state index is 5.71. The van der Waals surface area contributed by atoms with Crippen LogP contribution in [-0.4, -0.2) is 24.8 Å². The molecule has 0 saturated heterocycles. The average molecular weight is 199 g/mol. The minimum absolute atomic E-state index is 0.117. The molecule has 0 unspecified atom stereocenters. The lowest BCUT2D eigenvalue weighted by Crippen LogP contribution is -2.49. The fraction of sp³-hybridized carbons (Fsp3) is 1.00. The lowest BCUT2D eigenvalue weighted by molar-refractivity contribution is -0.0411. The van der Waals surface area contributed by atoms with Crippen molar-refractivity contribution >= 4 is 0 Å². The SMILES string of the molecule is COC1(CNC(C)(C)C)CCCCC1. The summed E-state index contributed by atoms with van der Waals surface area (Å²) in [4.78, 5) is 0. The highest BCUT2D eigenvalue weighted by atomic mass is 16.5. The predicted molar refractivity (Wildman–Crippen MR) is 60.6 cm³/mol. The standard InChI is InChI=1S/C12H25NO/c1-11(2,3)13-10-12(14-4)8-6-5-7-9-12/h13H,5-10H2,1-4H3. The third-order valence-corrected chi connectivity index (χ3v) is 3.14. The minimum atomic E-state index is 0.117. The van der Waals surface area contributed by atoms with Gasteiger partial charge in [-0.3, -0.25) is 0 Å². The molecule has 0 amide bonds. The van der Waals surface area contributed by atoms with Gasteiger partial charge in [0.25, 0.3) is 0 Å². The van der Waals surface area contributed by atoms with Gasteiger partial charge in [-0.15, -0.1) is 0 Å². The molecule has 1 aliphatic rings. The minimum Gasteiger partial charge on any atom is -0.377 e. The predicted octanol–water partition coefficient (Wildman–Crippen LogP) is 2.72. The molecule has 1 N–H and O–H groups in total. The van der Waals surface area contributed by atoms with E-state index in [9.17, 15) is 0 Å². The first-order valence-corrected chi connectivity index (χ1v) is 5.78. The Kier molecular flexibility index (Phi) is 3.96. The molecule has 0 aromatic rings. The first-order valence-electron chi connectivity index (χ1n) is 5.78. The van der Waals surface area contributed by atoms with Gasteiger partial charge in [-0.25, -0.2) is 0 Å². The van der Waals surface area contributed by atoms with Crippen LogP contribution in [0.3, 0.4) is 0 Å². The Hall–Kier alpha value is -0.0800. The summed E-state index contributed by atoms with van der Waals surface area (Å²) in [6, 6.07) is 0. The number of rotatable bonds is 3. The van der Waals surface area contributed by atoms with E-state index in [0.717, 1.165) is 6.54 Å². The summed E-state index contributed by atoms with van der Waals surface area (Å²) in [7, 11) is 1.86. The highest BCUT2D eigenvalue weighted by Crippen LogP contribution is 2.30. The molecule has 2 nitrogen and oxygen atoms in total. The molecule has 14 heavy (non-hydrogen) atoms. The van der Waals surface area contributed by atoms with Gasteiger partial charge in [0.05, 0.1) is 5.60 Å². The molecular formula is C12H25NO. The molecule has 0 aromatic carbocycles. The molecule has 0 aromatic heterocycles. The third kappa shape index (κ3) is 3.58. The van der Waals surface area contributed by atoms with Crippen molar-refractivity contribution < 1.29 is 4.74 Å². The molecule has 1 rings (SSSR count). The second-order valence-electron chi connectivity index (χ2n) is 5.55. The summed E-state index contributed by atoms with van der Waals surface area (Å²) >= 11 is 0. The number of hydrogen-bond acceptors (Lipinski definition) is 2. The molecular weight excluding hydrogens is 174 g/mol. The van der Waals surface area contributed by atoms with Crippen LogP contribution in [0.2, 0.25) is 0 Å². The summed E-state index contributed by atoms with van der Waals surface area (Å²) in [5.41, 5.74) is 0.314. The van der Waals surface area contributed by atoms with Crippen LogP contribution >= 0.6 is 0 Å². The van der Waals surface area contributed by atoms with Crippen molar-refractivity contribution in [2.75, 3.05) is 13.7 Å². The fourth-order valence-corrected chi connectivity index (χ4v) is 2.08. The highest BCUT2D eigenvalue weighted by molar-refractivity contribution is 4.88. The maximum Gasteiger partial charge on any atom is 0.0802 e. The fourth-order valence-electron chi connectivity index (χ4n) is 2.08. The zero-order chi connectivity index (χ0) is 10.7. The molecule has 0 radical (unpaired) electrons.